The minimum absolute atomic E-state index is 0.00579. The van der Waals surface area contributed by atoms with Crippen LogP contribution in [0.25, 0.3) is 0 Å². The molecule has 0 aromatic heterocycles. The summed E-state index contributed by atoms with van der Waals surface area (Å²) in [5.74, 6) is 1.59. The maximum atomic E-state index is 10.4. The molecule has 0 atom stereocenters. The van der Waals surface area contributed by atoms with Gasteiger partial charge in [-0.2, -0.15) is 0 Å². The largest absolute Gasteiger partial charge is 0.495 e. The topological polar surface area (TPSA) is 112 Å². The molecule has 1 heterocycles. The van der Waals surface area contributed by atoms with Gasteiger partial charge in [0, 0.05) is 55.5 Å². The zero-order valence-corrected chi connectivity index (χ0v) is 25.1. The van der Waals surface area contributed by atoms with Gasteiger partial charge in [-0.15, -0.1) is 0 Å². The Hall–Kier alpha value is -2.53. The number of nitrogens with one attached hydrogen (secondary N) is 1. The molecule has 0 unspecified atom stereocenters. The van der Waals surface area contributed by atoms with Crippen LogP contribution in [0.1, 0.15) is 0 Å². The molecule has 0 amide bonds. The van der Waals surface area contributed by atoms with Gasteiger partial charge in [-0.1, -0.05) is 58.0 Å². The third-order valence-electron chi connectivity index (χ3n) is 5.29. The summed E-state index contributed by atoms with van der Waals surface area (Å²) in [5.41, 5.74) is 7.45. The number of ether oxygens (including phenoxy) is 3. The Kier molecular flexibility index (Phi) is 13.3. The van der Waals surface area contributed by atoms with E-state index in [9.17, 15) is 10.1 Å². The Morgan fingerprint density at radius 3 is 1.87 bits per heavy atom. The van der Waals surface area contributed by atoms with Crippen molar-refractivity contribution in [2.24, 2.45) is 0 Å². The van der Waals surface area contributed by atoms with Crippen LogP contribution in [0.3, 0.4) is 0 Å². The summed E-state index contributed by atoms with van der Waals surface area (Å²) in [6.07, 6.45) is 0. The number of hydrogen-bond donors (Lipinski definition) is 2. The first kappa shape index (κ1) is 32.7. The first-order chi connectivity index (χ1) is 18.5. The van der Waals surface area contributed by atoms with E-state index < -0.39 is 4.92 Å². The minimum Gasteiger partial charge on any atom is -0.495 e. The van der Waals surface area contributed by atoms with Gasteiger partial charge < -0.3 is 30.2 Å². The SMILES string of the molecule is COc1cc(Cl)c([N+](=O)[O-])cc1Cl.COc1cc(Cl)ccc1Cl.COc1cc(N2CCNCC2)c(N)cc1Cl. The molecule has 1 fully saturated rings. The molecule has 0 bridgehead atoms. The van der Waals surface area contributed by atoms with Crippen LogP contribution in [0.4, 0.5) is 17.1 Å². The van der Waals surface area contributed by atoms with Crippen molar-refractivity contribution in [2.75, 3.05) is 58.1 Å². The number of rotatable bonds is 5. The number of benzene rings is 3. The summed E-state index contributed by atoms with van der Waals surface area (Å²) in [4.78, 5) is 12.0. The van der Waals surface area contributed by atoms with E-state index in [0.29, 0.717) is 38.0 Å². The number of anilines is 2. The van der Waals surface area contributed by atoms with E-state index >= 15 is 0 Å². The molecule has 1 saturated heterocycles. The molecule has 39 heavy (non-hydrogen) atoms. The third-order valence-corrected chi connectivity index (χ3v) is 6.73. The quantitative estimate of drug-likeness (QED) is 0.170. The standard InChI is InChI=1S/C11H16ClN3O.C7H5Cl2NO3.C7H6Cl2O/c1-16-11-7-10(9(13)6-8(11)12)15-4-2-14-3-5-15;1-13-7-3-4(8)6(10(11)12)2-5(7)9;1-10-7-4-5(8)2-3-6(7)9/h6-7,14H,2-5,13H2,1H3;2-3H,1H3;2-4H,1H3. The van der Waals surface area contributed by atoms with Crippen LogP contribution in [0.2, 0.25) is 25.1 Å². The molecule has 0 saturated carbocycles. The number of halogens is 5. The van der Waals surface area contributed by atoms with E-state index in [4.69, 9.17) is 77.9 Å². The van der Waals surface area contributed by atoms with E-state index in [2.05, 4.69) is 10.2 Å². The predicted octanol–water partition coefficient (Wildman–Crippen LogP) is 7.25. The zero-order chi connectivity index (χ0) is 29.1. The number of nitro benzene ring substituents is 1. The number of nitrogens with zero attached hydrogens (tertiary/aromatic N) is 2. The molecule has 3 N–H and O–H groups in total. The Balaban J connectivity index is 0.000000211. The Labute approximate surface area is 251 Å². The molecule has 14 heteroatoms. The Morgan fingerprint density at radius 1 is 0.795 bits per heavy atom. The van der Waals surface area contributed by atoms with Crippen LogP contribution >= 0.6 is 58.0 Å². The molecule has 3 aromatic rings. The summed E-state index contributed by atoms with van der Waals surface area (Å²) in [6, 6.07) is 11.2. The van der Waals surface area contributed by atoms with Gasteiger partial charge in [-0.25, -0.2) is 0 Å². The molecule has 0 aliphatic carbocycles. The van der Waals surface area contributed by atoms with Crippen molar-refractivity contribution in [2.45, 2.75) is 0 Å². The van der Waals surface area contributed by atoms with Crippen molar-refractivity contribution in [3.05, 3.63) is 77.7 Å². The van der Waals surface area contributed by atoms with E-state index in [1.54, 1.807) is 38.5 Å². The fourth-order valence-electron chi connectivity index (χ4n) is 3.34. The summed E-state index contributed by atoms with van der Waals surface area (Å²) in [5, 5.41) is 15.6. The van der Waals surface area contributed by atoms with E-state index in [-0.39, 0.29) is 15.7 Å². The monoisotopic (exact) mass is 638 g/mol. The van der Waals surface area contributed by atoms with Crippen LogP contribution in [-0.2, 0) is 0 Å². The normalized spacial score (nSPS) is 12.4. The lowest BCUT2D eigenvalue weighted by molar-refractivity contribution is -0.384. The average Bonchev–Trinajstić information content (AvgIpc) is 2.92. The van der Waals surface area contributed by atoms with Gasteiger partial charge in [-0.05, 0) is 18.2 Å². The van der Waals surface area contributed by atoms with Crippen molar-refractivity contribution >= 4 is 75.1 Å². The van der Waals surface area contributed by atoms with Crippen molar-refractivity contribution in [1.82, 2.24) is 5.32 Å². The van der Waals surface area contributed by atoms with Crippen LogP contribution in [0.5, 0.6) is 17.2 Å². The van der Waals surface area contributed by atoms with E-state index in [1.807, 2.05) is 6.07 Å². The average molecular weight is 641 g/mol. The molecule has 1 aliphatic rings. The molecule has 3 aromatic carbocycles. The Bertz CT molecular complexity index is 1280. The second kappa shape index (κ2) is 15.9. The fourth-order valence-corrected chi connectivity index (χ4v) is 4.41. The molecule has 212 valence electrons. The third kappa shape index (κ3) is 9.56. The van der Waals surface area contributed by atoms with Gasteiger partial charge in [0.1, 0.15) is 22.3 Å². The summed E-state index contributed by atoms with van der Waals surface area (Å²) < 4.78 is 14.9. The van der Waals surface area contributed by atoms with Crippen LogP contribution in [0, 0.1) is 10.1 Å². The lowest BCUT2D eigenvalue weighted by atomic mass is 10.2. The summed E-state index contributed by atoms with van der Waals surface area (Å²) in [7, 11) is 4.57. The predicted molar refractivity (Wildman–Crippen MR) is 160 cm³/mol. The molecule has 1 aliphatic heterocycles. The maximum absolute atomic E-state index is 10.4. The summed E-state index contributed by atoms with van der Waals surface area (Å²) in [6.45, 7) is 3.86. The fraction of sp³-hybridized carbons (Fsp3) is 0.280. The molecule has 0 radical (unpaired) electrons. The van der Waals surface area contributed by atoms with Crippen molar-refractivity contribution in [3.63, 3.8) is 0 Å². The number of hydrogen-bond acceptors (Lipinski definition) is 8. The van der Waals surface area contributed by atoms with Crippen molar-refractivity contribution < 1.29 is 19.1 Å². The first-order valence-corrected chi connectivity index (χ1v) is 13.2. The number of nitrogens with two attached hydrogens (primary N) is 1. The van der Waals surface area contributed by atoms with Crippen molar-refractivity contribution in [3.8, 4) is 17.2 Å². The number of piperazine rings is 1. The maximum Gasteiger partial charge on any atom is 0.289 e. The molecule has 9 nitrogen and oxygen atoms in total. The van der Waals surface area contributed by atoms with Crippen LogP contribution in [-0.4, -0.2) is 52.4 Å². The number of methoxy groups -OCH3 is 3. The Morgan fingerprint density at radius 2 is 1.33 bits per heavy atom. The van der Waals surface area contributed by atoms with Gasteiger partial charge in [0.15, 0.2) is 0 Å². The van der Waals surface area contributed by atoms with Gasteiger partial charge >= 0.3 is 0 Å². The van der Waals surface area contributed by atoms with Crippen LogP contribution < -0.4 is 30.2 Å². The second-order valence-electron chi connectivity index (χ2n) is 7.76. The van der Waals surface area contributed by atoms with Gasteiger partial charge in [0.2, 0.25) is 0 Å². The van der Waals surface area contributed by atoms with Gasteiger partial charge in [0.05, 0.1) is 52.7 Å². The number of nitrogen functional groups attached to an aromatic ring is 1. The van der Waals surface area contributed by atoms with Crippen LogP contribution in [0.15, 0.2) is 42.5 Å². The minimum atomic E-state index is -0.604. The van der Waals surface area contributed by atoms with Gasteiger partial charge in [-0.3, -0.25) is 10.1 Å². The highest BCUT2D eigenvalue weighted by Crippen LogP contribution is 2.36. The lowest BCUT2D eigenvalue weighted by Crippen LogP contribution is -2.43. The molecule has 0 spiro atoms. The highest BCUT2D eigenvalue weighted by molar-refractivity contribution is 6.36. The molecular weight excluding hydrogens is 614 g/mol. The van der Waals surface area contributed by atoms with Crippen molar-refractivity contribution in [1.29, 1.82) is 0 Å². The molecule has 4 rings (SSSR count). The van der Waals surface area contributed by atoms with Gasteiger partial charge in [0.25, 0.3) is 5.69 Å². The smallest absolute Gasteiger partial charge is 0.289 e. The van der Waals surface area contributed by atoms with E-state index in [1.165, 1.54) is 13.2 Å². The first-order valence-electron chi connectivity index (χ1n) is 11.3. The lowest BCUT2D eigenvalue weighted by Gasteiger charge is -2.30. The number of nitro groups is 1. The zero-order valence-electron chi connectivity index (χ0n) is 21.3. The molecular formula is C25H27Cl5N4O5. The van der Waals surface area contributed by atoms with E-state index in [0.717, 1.165) is 37.9 Å². The second-order valence-corrected chi connectivity index (χ2v) is 9.82. The summed E-state index contributed by atoms with van der Waals surface area (Å²) >= 11 is 28.6. The highest BCUT2D eigenvalue weighted by atomic mass is 35.5. The highest BCUT2D eigenvalue weighted by Gasteiger charge is 2.17.